The lowest BCUT2D eigenvalue weighted by Gasteiger charge is -2.27. The normalized spacial score (nSPS) is 19.3. The molecule has 5 rings (SSSR count). The number of nitrogens with zero attached hydrogens (tertiary/aromatic N) is 3. The molecule has 0 aliphatic carbocycles. The summed E-state index contributed by atoms with van der Waals surface area (Å²) in [4.78, 5) is 68.6. The van der Waals surface area contributed by atoms with Gasteiger partial charge in [0.15, 0.2) is 0 Å². The van der Waals surface area contributed by atoms with Gasteiger partial charge in [0.25, 0.3) is 27.8 Å². The van der Waals surface area contributed by atoms with E-state index in [1.54, 1.807) is 42.5 Å². The summed E-state index contributed by atoms with van der Waals surface area (Å²) in [5.74, 6) is -3.92. The van der Waals surface area contributed by atoms with Crippen molar-refractivity contribution in [2.45, 2.75) is 43.4 Å². The van der Waals surface area contributed by atoms with Crippen LogP contribution in [0.25, 0.3) is 0 Å². The number of sulfone groups is 1. The number of carbonyl (C=O) groups is 5. The molecule has 3 aliphatic heterocycles. The minimum Gasteiger partial charge on any atom is -0.360 e. The van der Waals surface area contributed by atoms with E-state index >= 15 is 0 Å². The fraction of sp³-hybridized carbons (Fsp3) is 0.324. The average molecular weight is 742 g/mol. The third-order valence-electron chi connectivity index (χ3n) is 8.61. The lowest BCUT2D eigenvalue weighted by molar-refractivity contribution is -0.200. The van der Waals surface area contributed by atoms with Crippen molar-refractivity contribution >= 4 is 60.8 Å². The number of imide groups is 1. The fourth-order valence-electron chi connectivity index (χ4n) is 5.98. The maximum Gasteiger partial charge on any atom is 0.358 e. The highest BCUT2D eigenvalue weighted by molar-refractivity contribution is 7.97. The largest absolute Gasteiger partial charge is 0.360 e. The van der Waals surface area contributed by atoms with Gasteiger partial charge >= 0.3 is 5.97 Å². The molecule has 3 heterocycles. The zero-order chi connectivity index (χ0) is 37.3. The molecule has 0 saturated carbocycles. The predicted octanol–water partition coefficient (Wildman–Crippen LogP) is 2.64. The number of hydrogen-bond donors (Lipinski definition) is 1. The van der Waals surface area contributed by atoms with Crippen LogP contribution in [-0.2, 0) is 54.1 Å². The van der Waals surface area contributed by atoms with Crippen LogP contribution < -0.4 is 9.80 Å². The lowest BCUT2D eigenvalue weighted by atomic mass is 9.83. The molecule has 1 fully saturated rings. The molecule has 2 aromatic rings. The molecular formula is C34H35N3O12S2. The summed E-state index contributed by atoms with van der Waals surface area (Å²) in [5.41, 5.74) is 1.99. The Morgan fingerprint density at radius 1 is 1.00 bits per heavy atom. The highest BCUT2D eigenvalue weighted by Crippen LogP contribution is 2.49. The number of allylic oxidation sites excluding steroid dienone is 6. The van der Waals surface area contributed by atoms with Crippen LogP contribution in [0, 0.1) is 0 Å². The number of likely N-dealkylation sites (N-methyl/N-ethyl adjacent to an activating group) is 1. The summed E-state index contributed by atoms with van der Waals surface area (Å²) in [5, 5.41) is 0.383. The SMILES string of the molecule is CN(C(=O)COCC(=O)ON1C(=O)CCC1=O)c1ccc2c(c1)C(C)(C)/C(=C/C=C/C=C1/C(=O)c3ccccc3S1(=O)=O)N2CCCS(=O)(=O)O. The Morgan fingerprint density at radius 2 is 1.67 bits per heavy atom. The van der Waals surface area contributed by atoms with E-state index < -0.39 is 73.8 Å². The predicted molar refractivity (Wildman–Crippen MR) is 183 cm³/mol. The Bertz CT molecular complexity index is 2120. The number of fused-ring (bicyclic) bond motifs is 2. The maximum absolute atomic E-state index is 13.0. The van der Waals surface area contributed by atoms with Crippen LogP contribution in [0.2, 0.25) is 0 Å². The van der Waals surface area contributed by atoms with Crippen LogP contribution in [0.5, 0.6) is 0 Å². The first kappa shape index (κ1) is 37.3. The molecule has 0 radical (unpaired) electrons. The number of Topliss-reactive ketones (excluding diaryl/α,β-unsaturated/α-hetero) is 1. The molecule has 3 amide bonds. The summed E-state index contributed by atoms with van der Waals surface area (Å²) in [6.07, 6.45) is 5.91. The van der Waals surface area contributed by atoms with Crippen molar-refractivity contribution in [3.05, 3.63) is 88.5 Å². The van der Waals surface area contributed by atoms with Crippen molar-refractivity contribution < 1.29 is 54.9 Å². The summed E-state index contributed by atoms with van der Waals surface area (Å²) in [6.45, 7) is 2.79. The Kier molecular flexibility index (Phi) is 10.5. The Hall–Kier alpha value is -4.97. The van der Waals surface area contributed by atoms with E-state index in [-0.39, 0.29) is 41.2 Å². The van der Waals surface area contributed by atoms with Gasteiger partial charge in [-0.3, -0.25) is 23.7 Å². The van der Waals surface area contributed by atoms with Crippen molar-refractivity contribution in [2.24, 2.45) is 0 Å². The minimum absolute atomic E-state index is 0.0494. The van der Waals surface area contributed by atoms with Crippen molar-refractivity contribution in [1.29, 1.82) is 0 Å². The topological polar surface area (TPSA) is 202 Å². The minimum atomic E-state index is -4.23. The molecule has 2 aromatic carbocycles. The number of anilines is 2. The van der Waals surface area contributed by atoms with Gasteiger partial charge in [-0.2, -0.15) is 8.42 Å². The van der Waals surface area contributed by atoms with E-state index in [0.717, 1.165) is 5.56 Å². The van der Waals surface area contributed by atoms with Gasteiger partial charge in [0, 0.05) is 54.5 Å². The first-order chi connectivity index (χ1) is 23.9. The second kappa shape index (κ2) is 14.3. The van der Waals surface area contributed by atoms with Crippen LogP contribution in [0.15, 0.2) is 82.3 Å². The number of ketones is 1. The number of ether oxygens (including phenoxy) is 1. The van der Waals surface area contributed by atoms with Gasteiger partial charge in [-0.15, -0.1) is 5.06 Å². The zero-order valence-electron chi connectivity index (χ0n) is 27.9. The molecule has 270 valence electrons. The molecule has 51 heavy (non-hydrogen) atoms. The number of hydroxylamine groups is 2. The molecular weight excluding hydrogens is 707 g/mol. The number of amides is 3. The molecule has 15 nitrogen and oxygen atoms in total. The maximum atomic E-state index is 13.0. The van der Waals surface area contributed by atoms with Crippen LogP contribution in [0.1, 0.15) is 49.0 Å². The molecule has 1 N–H and O–H groups in total. The Morgan fingerprint density at radius 3 is 2.33 bits per heavy atom. The summed E-state index contributed by atoms with van der Waals surface area (Å²) >= 11 is 0. The standard InChI is InChI=1S/C34H35N3O12S2/c1-34(2)24-19-22(35(3)31(40)20-48-21-32(41)49-37-29(38)15-16-30(37)39)13-14-25(24)36(17-8-18-50(43,44)45)28(34)12-7-6-11-27-33(42)23-9-4-5-10-26(23)51(27,46)47/h4-7,9-14,19H,8,15-18,20-21H2,1-3H3,(H,43,44,45)/b7-6+,27-11-,28-12-. The van der Waals surface area contributed by atoms with Crippen molar-refractivity contribution in [3.8, 4) is 0 Å². The molecule has 3 aliphatic rings. The lowest BCUT2D eigenvalue weighted by Crippen LogP contribution is -2.35. The third-order valence-corrected chi connectivity index (χ3v) is 11.3. The average Bonchev–Trinajstić information content (AvgIpc) is 3.57. The van der Waals surface area contributed by atoms with Gasteiger partial charge in [0.1, 0.15) is 18.1 Å². The van der Waals surface area contributed by atoms with E-state index in [0.29, 0.717) is 22.1 Å². The highest BCUT2D eigenvalue weighted by Gasteiger charge is 2.41. The molecule has 0 atom stereocenters. The van der Waals surface area contributed by atoms with Crippen LogP contribution >= 0.6 is 0 Å². The van der Waals surface area contributed by atoms with Gasteiger partial charge in [-0.25, -0.2) is 13.2 Å². The fourth-order valence-corrected chi connectivity index (χ4v) is 8.03. The molecule has 17 heteroatoms. The van der Waals surface area contributed by atoms with E-state index in [9.17, 15) is 45.4 Å². The molecule has 1 saturated heterocycles. The molecule has 0 unspecified atom stereocenters. The van der Waals surface area contributed by atoms with Crippen LogP contribution in [0.3, 0.4) is 0 Å². The Balaban J connectivity index is 1.34. The summed E-state index contributed by atoms with van der Waals surface area (Å²) in [6, 6.07) is 11.2. The number of benzene rings is 2. The van der Waals surface area contributed by atoms with E-state index in [1.807, 2.05) is 18.7 Å². The molecule has 0 spiro atoms. The van der Waals surface area contributed by atoms with Gasteiger partial charge in [0.05, 0.1) is 10.6 Å². The first-order valence-electron chi connectivity index (χ1n) is 15.7. The third kappa shape index (κ3) is 7.70. The second-order valence-corrected chi connectivity index (χ2v) is 15.9. The smallest absolute Gasteiger partial charge is 0.358 e. The van der Waals surface area contributed by atoms with Gasteiger partial charge in [-0.05, 0) is 54.5 Å². The van der Waals surface area contributed by atoms with Gasteiger partial charge in [-0.1, -0.05) is 38.1 Å². The monoisotopic (exact) mass is 741 g/mol. The van der Waals surface area contributed by atoms with Crippen LogP contribution in [0.4, 0.5) is 11.4 Å². The van der Waals surface area contributed by atoms with E-state index in [4.69, 9.17) is 9.57 Å². The van der Waals surface area contributed by atoms with E-state index in [2.05, 4.69) is 0 Å². The highest BCUT2D eigenvalue weighted by atomic mass is 32.2. The summed E-state index contributed by atoms with van der Waals surface area (Å²) < 4.78 is 63.4. The van der Waals surface area contributed by atoms with Crippen molar-refractivity contribution in [3.63, 3.8) is 0 Å². The van der Waals surface area contributed by atoms with Crippen molar-refractivity contribution in [1.82, 2.24) is 5.06 Å². The Labute approximate surface area is 294 Å². The summed E-state index contributed by atoms with van der Waals surface area (Å²) in [7, 11) is -6.71. The van der Waals surface area contributed by atoms with Gasteiger partial charge in [0.2, 0.25) is 15.6 Å². The first-order valence-corrected chi connectivity index (χ1v) is 18.8. The zero-order valence-corrected chi connectivity index (χ0v) is 29.5. The van der Waals surface area contributed by atoms with Crippen LogP contribution in [-0.4, -0.2) is 88.5 Å². The van der Waals surface area contributed by atoms with Gasteiger partial charge < -0.3 is 19.4 Å². The molecule has 0 aromatic heterocycles. The van der Waals surface area contributed by atoms with Crippen molar-refractivity contribution in [2.75, 3.05) is 42.4 Å². The number of rotatable bonds is 12. The molecule has 0 bridgehead atoms. The number of hydrogen-bond acceptors (Lipinski definition) is 12. The van der Waals surface area contributed by atoms with E-state index in [1.165, 1.54) is 36.2 Å². The quantitative estimate of drug-likeness (QED) is 0.189. The second-order valence-electron chi connectivity index (χ2n) is 12.4. The number of carbonyl (C=O) groups excluding carboxylic acids is 5.